The third-order valence-electron chi connectivity index (χ3n) is 3.65. The topological polar surface area (TPSA) is 12.0 Å². The Kier molecular flexibility index (Phi) is 2.40. The van der Waals surface area contributed by atoms with E-state index < -0.39 is 0 Å². The predicted octanol–water partition coefficient (Wildman–Crippen LogP) is 2.56. The molecule has 70 valence electrons. The third kappa shape index (κ3) is 2.01. The standard InChI is InChI=1S/C11H21N/c1-8-3-4-11(7-9(8)2)12-10-5-6-10/h8-12H,3-7H2,1-2H3/t8-,9+,11-/m1/s1. The maximum Gasteiger partial charge on any atom is 0.00723 e. The van der Waals surface area contributed by atoms with Gasteiger partial charge in [0.1, 0.15) is 0 Å². The Hall–Kier alpha value is -0.0400. The van der Waals surface area contributed by atoms with Crippen LogP contribution in [0.2, 0.25) is 0 Å². The summed E-state index contributed by atoms with van der Waals surface area (Å²) in [4.78, 5) is 0. The van der Waals surface area contributed by atoms with Crippen LogP contribution in [0.25, 0.3) is 0 Å². The predicted molar refractivity (Wildman–Crippen MR) is 52.1 cm³/mol. The molecule has 3 atom stereocenters. The zero-order valence-electron chi connectivity index (χ0n) is 8.34. The lowest BCUT2D eigenvalue weighted by Crippen LogP contribution is -2.37. The first-order chi connectivity index (χ1) is 5.75. The summed E-state index contributed by atoms with van der Waals surface area (Å²) < 4.78 is 0. The van der Waals surface area contributed by atoms with Crippen molar-refractivity contribution in [1.82, 2.24) is 5.32 Å². The molecule has 0 amide bonds. The lowest BCUT2D eigenvalue weighted by atomic mass is 9.79. The molecule has 0 aromatic heterocycles. The average molecular weight is 167 g/mol. The molecule has 12 heavy (non-hydrogen) atoms. The molecular weight excluding hydrogens is 146 g/mol. The van der Waals surface area contributed by atoms with E-state index in [-0.39, 0.29) is 0 Å². The number of nitrogens with one attached hydrogen (secondary N) is 1. The molecule has 0 spiro atoms. The van der Waals surface area contributed by atoms with Crippen LogP contribution in [0, 0.1) is 11.8 Å². The van der Waals surface area contributed by atoms with Crippen LogP contribution in [0.1, 0.15) is 46.0 Å². The van der Waals surface area contributed by atoms with Crippen molar-refractivity contribution >= 4 is 0 Å². The van der Waals surface area contributed by atoms with E-state index in [0.29, 0.717) is 0 Å². The highest BCUT2D eigenvalue weighted by Gasteiger charge is 2.29. The van der Waals surface area contributed by atoms with Crippen LogP contribution in [0.3, 0.4) is 0 Å². The molecule has 0 aliphatic heterocycles. The molecule has 1 nitrogen and oxygen atoms in total. The van der Waals surface area contributed by atoms with E-state index in [2.05, 4.69) is 19.2 Å². The van der Waals surface area contributed by atoms with E-state index in [4.69, 9.17) is 0 Å². The van der Waals surface area contributed by atoms with Crippen molar-refractivity contribution in [3.63, 3.8) is 0 Å². The summed E-state index contributed by atoms with van der Waals surface area (Å²) in [6, 6.07) is 1.75. The highest BCUT2D eigenvalue weighted by molar-refractivity contribution is 4.88. The van der Waals surface area contributed by atoms with Gasteiger partial charge in [-0.15, -0.1) is 0 Å². The van der Waals surface area contributed by atoms with Crippen molar-refractivity contribution in [2.45, 2.75) is 58.0 Å². The molecule has 0 heterocycles. The van der Waals surface area contributed by atoms with Gasteiger partial charge in [-0.3, -0.25) is 0 Å². The highest BCUT2D eigenvalue weighted by atomic mass is 15.0. The van der Waals surface area contributed by atoms with E-state index in [1.165, 1.54) is 32.1 Å². The van der Waals surface area contributed by atoms with Crippen molar-refractivity contribution < 1.29 is 0 Å². The summed E-state index contributed by atoms with van der Waals surface area (Å²) in [6.07, 6.45) is 7.13. The van der Waals surface area contributed by atoms with Gasteiger partial charge in [-0.05, 0) is 43.9 Å². The zero-order valence-corrected chi connectivity index (χ0v) is 8.34. The smallest absolute Gasteiger partial charge is 0.00723 e. The van der Waals surface area contributed by atoms with Gasteiger partial charge in [-0.1, -0.05) is 13.8 Å². The Bertz CT molecular complexity index is 151. The Morgan fingerprint density at radius 2 is 1.50 bits per heavy atom. The second-order valence-corrected chi connectivity index (χ2v) is 4.91. The largest absolute Gasteiger partial charge is 0.311 e. The summed E-state index contributed by atoms with van der Waals surface area (Å²) in [5.74, 6) is 1.90. The number of hydrogen-bond acceptors (Lipinski definition) is 1. The minimum absolute atomic E-state index is 0.851. The van der Waals surface area contributed by atoms with Crippen LogP contribution in [0.15, 0.2) is 0 Å². The fraction of sp³-hybridized carbons (Fsp3) is 1.00. The molecule has 0 unspecified atom stereocenters. The Morgan fingerprint density at radius 3 is 2.08 bits per heavy atom. The van der Waals surface area contributed by atoms with Crippen LogP contribution < -0.4 is 5.32 Å². The van der Waals surface area contributed by atoms with Crippen molar-refractivity contribution in [2.24, 2.45) is 11.8 Å². The van der Waals surface area contributed by atoms with E-state index in [0.717, 1.165) is 23.9 Å². The van der Waals surface area contributed by atoms with Crippen LogP contribution in [0.4, 0.5) is 0 Å². The SMILES string of the molecule is C[C@@H]1CC[C@@H](NC2CC2)C[C@@H]1C. The van der Waals surface area contributed by atoms with Gasteiger partial charge in [0.25, 0.3) is 0 Å². The van der Waals surface area contributed by atoms with E-state index in [1.807, 2.05) is 0 Å². The molecule has 0 aromatic rings. The summed E-state index contributed by atoms with van der Waals surface area (Å²) >= 11 is 0. The first kappa shape index (κ1) is 8.55. The van der Waals surface area contributed by atoms with E-state index in [9.17, 15) is 0 Å². The summed E-state index contributed by atoms with van der Waals surface area (Å²) in [5, 5.41) is 3.74. The molecule has 1 heteroatoms. The average Bonchev–Trinajstić information content (AvgIpc) is 2.81. The molecule has 2 rings (SSSR count). The number of hydrogen-bond donors (Lipinski definition) is 1. The summed E-state index contributed by atoms with van der Waals surface area (Å²) in [6.45, 7) is 4.81. The normalized spacial score (nSPS) is 43.0. The van der Waals surface area contributed by atoms with Gasteiger partial charge in [0.2, 0.25) is 0 Å². The minimum atomic E-state index is 0.851. The summed E-state index contributed by atoms with van der Waals surface area (Å²) in [7, 11) is 0. The molecular formula is C11H21N. The Labute approximate surface area is 75.9 Å². The fourth-order valence-electron chi connectivity index (χ4n) is 2.28. The van der Waals surface area contributed by atoms with Crippen molar-refractivity contribution in [2.75, 3.05) is 0 Å². The molecule has 0 bridgehead atoms. The highest BCUT2D eigenvalue weighted by Crippen LogP contribution is 2.31. The molecule has 2 aliphatic carbocycles. The second kappa shape index (κ2) is 3.37. The zero-order chi connectivity index (χ0) is 8.55. The van der Waals surface area contributed by atoms with Gasteiger partial charge >= 0.3 is 0 Å². The lowest BCUT2D eigenvalue weighted by Gasteiger charge is -2.32. The second-order valence-electron chi connectivity index (χ2n) is 4.91. The molecule has 2 aliphatic rings. The lowest BCUT2D eigenvalue weighted by molar-refractivity contribution is 0.225. The maximum absolute atomic E-state index is 3.74. The van der Waals surface area contributed by atoms with Crippen LogP contribution >= 0.6 is 0 Å². The molecule has 1 N–H and O–H groups in total. The van der Waals surface area contributed by atoms with Gasteiger partial charge < -0.3 is 5.32 Å². The molecule has 2 fully saturated rings. The monoisotopic (exact) mass is 167 g/mol. The Morgan fingerprint density at radius 1 is 0.833 bits per heavy atom. The van der Waals surface area contributed by atoms with Crippen LogP contribution in [-0.2, 0) is 0 Å². The fourth-order valence-corrected chi connectivity index (χ4v) is 2.28. The minimum Gasteiger partial charge on any atom is -0.311 e. The Balaban J connectivity index is 1.76. The summed E-state index contributed by atoms with van der Waals surface area (Å²) in [5.41, 5.74) is 0. The molecule has 0 radical (unpaired) electrons. The first-order valence-corrected chi connectivity index (χ1v) is 5.51. The molecule has 0 saturated heterocycles. The van der Waals surface area contributed by atoms with Gasteiger partial charge in [0, 0.05) is 12.1 Å². The van der Waals surface area contributed by atoms with Gasteiger partial charge in [0.05, 0.1) is 0 Å². The van der Waals surface area contributed by atoms with Gasteiger partial charge in [0.15, 0.2) is 0 Å². The van der Waals surface area contributed by atoms with Crippen LogP contribution in [-0.4, -0.2) is 12.1 Å². The number of rotatable bonds is 2. The quantitative estimate of drug-likeness (QED) is 0.666. The first-order valence-electron chi connectivity index (χ1n) is 5.51. The van der Waals surface area contributed by atoms with E-state index >= 15 is 0 Å². The van der Waals surface area contributed by atoms with Crippen molar-refractivity contribution in [1.29, 1.82) is 0 Å². The maximum atomic E-state index is 3.74. The molecule has 2 saturated carbocycles. The van der Waals surface area contributed by atoms with Crippen molar-refractivity contribution in [3.05, 3.63) is 0 Å². The van der Waals surface area contributed by atoms with E-state index in [1.54, 1.807) is 0 Å². The van der Waals surface area contributed by atoms with Gasteiger partial charge in [-0.2, -0.15) is 0 Å². The molecule has 0 aromatic carbocycles. The van der Waals surface area contributed by atoms with Crippen molar-refractivity contribution in [3.8, 4) is 0 Å². The van der Waals surface area contributed by atoms with Crippen LogP contribution in [0.5, 0.6) is 0 Å². The third-order valence-corrected chi connectivity index (χ3v) is 3.65. The van der Waals surface area contributed by atoms with Gasteiger partial charge in [-0.25, -0.2) is 0 Å².